The molecule has 4 N–H and O–H groups in total. The lowest BCUT2D eigenvalue weighted by molar-refractivity contribution is -0.383. The highest BCUT2D eigenvalue weighted by atomic mass is 16.6. The van der Waals surface area contributed by atoms with Gasteiger partial charge in [-0.1, -0.05) is 0 Å². The van der Waals surface area contributed by atoms with Gasteiger partial charge in [0.05, 0.1) is 10.5 Å². The van der Waals surface area contributed by atoms with Crippen molar-refractivity contribution in [2.45, 2.75) is 19.4 Å². The molecule has 0 spiro atoms. The first-order valence-electron chi connectivity index (χ1n) is 4.52. The number of nitrogens with zero attached hydrogens (tertiary/aromatic N) is 3. The van der Waals surface area contributed by atoms with Gasteiger partial charge in [-0.25, -0.2) is 9.97 Å². The van der Waals surface area contributed by atoms with Crippen LogP contribution >= 0.6 is 0 Å². The highest BCUT2D eigenvalue weighted by molar-refractivity contribution is 5.67. The molecule has 88 valence electrons. The van der Waals surface area contributed by atoms with Crippen molar-refractivity contribution in [3.63, 3.8) is 0 Å². The summed E-state index contributed by atoms with van der Waals surface area (Å²) in [4.78, 5) is 17.3. The molecule has 0 saturated heterocycles. The number of nitro groups is 1. The number of anilines is 2. The summed E-state index contributed by atoms with van der Waals surface area (Å²) in [6.45, 7) is 3.25. The topological polar surface area (TPSA) is 127 Å². The maximum absolute atomic E-state index is 10.7. The molecule has 0 aliphatic rings. The van der Waals surface area contributed by atoms with Crippen molar-refractivity contribution in [3.05, 3.63) is 16.4 Å². The minimum Gasteiger partial charge on any atom is -0.389 e. The largest absolute Gasteiger partial charge is 0.389 e. The average Bonchev–Trinajstić information content (AvgIpc) is 2.12. The van der Waals surface area contributed by atoms with Gasteiger partial charge in [-0.2, -0.15) is 0 Å². The van der Waals surface area contributed by atoms with Gasteiger partial charge in [-0.3, -0.25) is 10.1 Å². The smallest absolute Gasteiger partial charge is 0.352 e. The molecule has 1 aromatic rings. The molecule has 8 nitrogen and oxygen atoms in total. The fourth-order valence-electron chi connectivity index (χ4n) is 1.00. The van der Waals surface area contributed by atoms with Gasteiger partial charge in [0.2, 0.25) is 11.6 Å². The van der Waals surface area contributed by atoms with E-state index in [1.807, 2.05) is 0 Å². The molecule has 0 unspecified atom stereocenters. The van der Waals surface area contributed by atoms with Crippen LogP contribution in [0.1, 0.15) is 13.8 Å². The number of nitrogen functional groups attached to an aromatic ring is 1. The van der Waals surface area contributed by atoms with Crippen molar-refractivity contribution in [2.75, 3.05) is 17.6 Å². The molecule has 0 bridgehead atoms. The van der Waals surface area contributed by atoms with E-state index in [1.165, 1.54) is 0 Å². The van der Waals surface area contributed by atoms with Crippen molar-refractivity contribution in [1.29, 1.82) is 0 Å². The highest BCUT2D eigenvalue weighted by Gasteiger charge is 2.22. The molecule has 16 heavy (non-hydrogen) atoms. The van der Waals surface area contributed by atoms with E-state index in [-0.39, 0.29) is 23.9 Å². The van der Waals surface area contributed by atoms with E-state index in [2.05, 4.69) is 15.3 Å². The third kappa shape index (κ3) is 3.02. The molecular weight excluding hydrogens is 214 g/mol. The van der Waals surface area contributed by atoms with Crippen LogP contribution in [-0.4, -0.2) is 32.1 Å². The van der Waals surface area contributed by atoms with Crippen molar-refractivity contribution in [2.24, 2.45) is 0 Å². The van der Waals surface area contributed by atoms with Crippen LogP contribution in [-0.2, 0) is 0 Å². The van der Waals surface area contributed by atoms with Crippen LogP contribution in [0, 0.1) is 10.1 Å². The second-order valence-corrected chi connectivity index (χ2v) is 3.88. The molecule has 0 aliphatic heterocycles. The maximum Gasteiger partial charge on any atom is 0.352 e. The average molecular weight is 227 g/mol. The van der Waals surface area contributed by atoms with Gasteiger partial charge < -0.3 is 16.2 Å². The van der Waals surface area contributed by atoms with Crippen LogP contribution in [0.25, 0.3) is 0 Å². The Morgan fingerprint density at radius 3 is 2.75 bits per heavy atom. The van der Waals surface area contributed by atoms with E-state index < -0.39 is 10.5 Å². The Balaban J connectivity index is 2.96. The van der Waals surface area contributed by atoms with Crippen molar-refractivity contribution in [1.82, 2.24) is 9.97 Å². The second-order valence-electron chi connectivity index (χ2n) is 3.88. The summed E-state index contributed by atoms with van der Waals surface area (Å²) in [7, 11) is 0. The van der Waals surface area contributed by atoms with E-state index in [0.717, 1.165) is 6.33 Å². The van der Waals surface area contributed by atoms with E-state index in [9.17, 15) is 15.2 Å². The third-order valence-electron chi connectivity index (χ3n) is 1.72. The lowest BCUT2D eigenvalue weighted by atomic mass is 10.1. The summed E-state index contributed by atoms with van der Waals surface area (Å²) < 4.78 is 0. The summed E-state index contributed by atoms with van der Waals surface area (Å²) in [6, 6.07) is 0. The number of aliphatic hydroxyl groups is 1. The monoisotopic (exact) mass is 227 g/mol. The van der Waals surface area contributed by atoms with Gasteiger partial charge in [0.25, 0.3) is 0 Å². The zero-order valence-electron chi connectivity index (χ0n) is 8.97. The summed E-state index contributed by atoms with van der Waals surface area (Å²) in [5, 5.41) is 22.8. The Labute approximate surface area is 91.7 Å². The second kappa shape index (κ2) is 4.27. The minimum atomic E-state index is -1.01. The zero-order chi connectivity index (χ0) is 12.3. The predicted molar refractivity (Wildman–Crippen MR) is 57.9 cm³/mol. The van der Waals surface area contributed by atoms with Crippen molar-refractivity contribution < 1.29 is 10.0 Å². The molecule has 0 aliphatic carbocycles. The van der Waals surface area contributed by atoms with Crippen LogP contribution in [0.5, 0.6) is 0 Å². The Hall–Kier alpha value is -1.96. The zero-order valence-corrected chi connectivity index (χ0v) is 8.97. The molecule has 0 amide bonds. The molecule has 0 fully saturated rings. The summed E-state index contributed by atoms with van der Waals surface area (Å²) in [5.41, 5.74) is 3.98. The summed E-state index contributed by atoms with van der Waals surface area (Å²) in [5.74, 6) is -0.210. The Kier molecular flexibility index (Phi) is 3.23. The lowest BCUT2D eigenvalue weighted by Gasteiger charge is -2.17. The minimum absolute atomic E-state index is 0.000347. The van der Waals surface area contributed by atoms with Gasteiger partial charge in [0.15, 0.2) is 0 Å². The van der Waals surface area contributed by atoms with E-state index >= 15 is 0 Å². The number of hydrogen-bond donors (Lipinski definition) is 3. The first-order chi connectivity index (χ1) is 7.31. The molecule has 1 heterocycles. The number of aromatic nitrogens is 2. The van der Waals surface area contributed by atoms with Crippen molar-refractivity contribution >= 4 is 17.3 Å². The standard InChI is InChI=1S/C8H13N5O3/c1-8(2,14)3-10-7-5(13(15)16)6(9)11-4-12-7/h4,14H,3H2,1-2H3,(H3,9,10,11,12). The number of nitrogens with one attached hydrogen (secondary N) is 1. The molecule has 1 aromatic heterocycles. The highest BCUT2D eigenvalue weighted by Crippen LogP contribution is 2.26. The Morgan fingerprint density at radius 1 is 1.62 bits per heavy atom. The normalized spacial score (nSPS) is 11.2. The summed E-state index contributed by atoms with van der Waals surface area (Å²) >= 11 is 0. The fourth-order valence-corrected chi connectivity index (χ4v) is 1.00. The molecule has 0 aromatic carbocycles. The van der Waals surface area contributed by atoms with E-state index in [1.54, 1.807) is 13.8 Å². The van der Waals surface area contributed by atoms with Gasteiger partial charge in [-0.05, 0) is 13.8 Å². The van der Waals surface area contributed by atoms with Gasteiger partial charge in [0, 0.05) is 6.54 Å². The molecule has 1 rings (SSSR count). The van der Waals surface area contributed by atoms with Crippen LogP contribution in [0.4, 0.5) is 17.3 Å². The van der Waals surface area contributed by atoms with Crippen molar-refractivity contribution in [3.8, 4) is 0 Å². The molecule has 8 heteroatoms. The Morgan fingerprint density at radius 2 is 2.25 bits per heavy atom. The first-order valence-corrected chi connectivity index (χ1v) is 4.52. The van der Waals surface area contributed by atoms with E-state index in [0.29, 0.717) is 0 Å². The third-order valence-corrected chi connectivity index (χ3v) is 1.72. The SMILES string of the molecule is CC(C)(O)CNc1ncnc(N)c1[N+](=O)[O-]. The Bertz CT molecular complexity index is 401. The summed E-state index contributed by atoms with van der Waals surface area (Å²) in [6.07, 6.45) is 1.12. The van der Waals surface area contributed by atoms with Gasteiger partial charge in [0.1, 0.15) is 6.33 Å². The molecule has 0 atom stereocenters. The number of hydrogen-bond acceptors (Lipinski definition) is 7. The lowest BCUT2D eigenvalue weighted by Crippen LogP contribution is -2.30. The quantitative estimate of drug-likeness (QED) is 0.493. The maximum atomic E-state index is 10.7. The van der Waals surface area contributed by atoms with Crippen LogP contribution in [0.2, 0.25) is 0 Å². The van der Waals surface area contributed by atoms with Crippen LogP contribution in [0.15, 0.2) is 6.33 Å². The van der Waals surface area contributed by atoms with Gasteiger partial charge in [-0.15, -0.1) is 0 Å². The fraction of sp³-hybridized carbons (Fsp3) is 0.500. The molecular formula is C8H13N5O3. The van der Waals surface area contributed by atoms with Crippen LogP contribution < -0.4 is 11.1 Å². The molecule has 0 saturated carbocycles. The van der Waals surface area contributed by atoms with Gasteiger partial charge >= 0.3 is 5.69 Å². The van der Waals surface area contributed by atoms with Crippen LogP contribution in [0.3, 0.4) is 0 Å². The predicted octanol–water partition coefficient (Wildman–Crippen LogP) is 0.150. The van der Waals surface area contributed by atoms with E-state index in [4.69, 9.17) is 5.73 Å². The molecule has 0 radical (unpaired) electrons. The number of rotatable bonds is 4. The first kappa shape index (κ1) is 12.1. The number of nitrogens with two attached hydrogens (primary N) is 1.